The monoisotopic (exact) mass is 236 g/mol. The number of piperidine rings is 1. The van der Waals surface area contributed by atoms with Crippen molar-refractivity contribution in [2.75, 3.05) is 32.0 Å². The summed E-state index contributed by atoms with van der Waals surface area (Å²) in [6.07, 6.45) is 2.04. The van der Waals surface area contributed by atoms with Crippen LogP contribution in [0, 0.1) is 5.92 Å². The van der Waals surface area contributed by atoms with E-state index in [9.17, 15) is 8.42 Å². The van der Waals surface area contributed by atoms with E-state index in [0.29, 0.717) is 26.1 Å². The van der Waals surface area contributed by atoms with Crippen LogP contribution in [0.4, 0.5) is 0 Å². The number of hydrogen-bond acceptors (Lipinski definition) is 4. The van der Waals surface area contributed by atoms with Gasteiger partial charge >= 0.3 is 0 Å². The average molecular weight is 236 g/mol. The van der Waals surface area contributed by atoms with E-state index in [0.717, 1.165) is 12.8 Å². The van der Waals surface area contributed by atoms with Gasteiger partial charge < -0.3 is 10.8 Å². The molecule has 0 aromatic heterocycles. The smallest absolute Gasteiger partial charge is 0.214 e. The lowest BCUT2D eigenvalue weighted by Crippen LogP contribution is -2.40. The molecule has 0 bridgehead atoms. The quantitative estimate of drug-likeness (QED) is 0.665. The third kappa shape index (κ3) is 3.71. The summed E-state index contributed by atoms with van der Waals surface area (Å²) in [5, 5.41) is 8.94. The molecule has 0 saturated carbocycles. The number of aliphatic hydroxyl groups is 1. The molecule has 3 N–H and O–H groups in total. The average Bonchev–Trinajstić information content (AvgIpc) is 2.26. The topological polar surface area (TPSA) is 83.6 Å². The van der Waals surface area contributed by atoms with Crippen LogP contribution in [0.25, 0.3) is 0 Å². The van der Waals surface area contributed by atoms with Gasteiger partial charge in [-0.1, -0.05) is 0 Å². The van der Waals surface area contributed by atoms with Crippen molar-refractivity contribution in [2.24, 2.45) is 11.7 Å². The van der Waals surface area contributed by atoms with Gasteiger partial charge in [0.1, 0.15) is 0 Å². The molecule has 6 heteroatoms. The fourth-order valence-electron chi connectivity index (χ4n) is 1.76. The van der Waals surface area contributed by atoms with E-state index in [-0.39, 0.29) is 18.3 Å². The summed E-state index contributed by atoms with van der Waals surface area (Å²) in [6.45, 7) is 1.65. The Bertz CT molecular complexity index is 271. The molecule has 1 aliphatic rings. The second-order valence-corrected chi connectivity index (χ2v) is 6.07. The van der Waals surface area contributed by atoms with Crippen LogP contribution in [0.3, 0.4) is 0 Å². The van der Waals surface area contributed by atoms with Crippen molar-refractivity contribution in [1.82, 2.24) is 4.31 Å². The summed E-state index contributed by atoms with van der Waals surface area (Å²) < 4.78 is 25.0. The van der Waals surface area contributed by atoms with E-state index in [2.05, 4.69) is 0 Å². The number of aliphatic hydroxyl groups excluding tert-OH is 1. The third-order valence-corrected chi connectivity index (χ3v) is 4.79. The summed E-state index contributed by atoms with van der Waals surface area (Å²) in [5.41, 5.74) is 5.29. The molecule has 0 aromatic rings. The predicted molar refractivity (Wildman–Crippen MR) is 58.8 cm³/mol. The Morgan fingerprint density at radius 2 is 1.93 bits per heavy atom. The highest BCUT2D eigenvalue weighted by Gasteiger charge is 2.26. The molecule has 1 rings (SSSR count). The molecular formula is C9H20N2O3S. The van der Waals surface area contributed by atoms with Crippen LogP contribution in [0.5, 0.6) is 0 Å². The highest BCUT2D eigenvalue weighted by Crippen LogP contribution is 2.19. The van der Waals surface area contributed by atoms with Gasteiger partial charge in [0.15, 0.2) is 0 Å². The lowest BCUT2D eigenvalue weighted by Gasteiger charge is -2.30. The number of nitrogens with zero attached hydrogens (tertiary/aromatic N) is 1. The first-order valence-electron chi connectivity index (χ1n) is 5.39. The Labute approximate surface area is 91.3 Å². The summed E-state index contributed by atoms with van der Waals surface area (Å²) >= 11 is 0. The van der Waals surface area contributed by atoms with E-state index >= 15 is 0 Å². The van der Waals surface area contributed by atoms with Crippen LogP contribution < -0.4 is 5.73 Å². The second-order valence-electron chi connectivity index (χ2n) is 3.98. The normalized spacial score (nSPS) is 20.7. The summed E-state index contributed by atoms with van der Waals surface area (Å²) in [4.78, 5) is 0. The minimum Gasteiger partial charge on any atom is -0.396 e. The molecule has 1 aliphatic heterocycles. The molecule has 1 heterocycles. The van der Waals surface area contributed by atoms with Crippen LogP contribution in [-0.2, 0) is 10.0 Å². The van der Waals surface area contributed by atoms with Crippen LogP contribution in [0.15, 0.2) is 0 Å². The first-order valence-corrected chi connectivity index (χ1v) is 7.00. The Kier molecular flexibility index (Phi) is 4.98. The third-order valence-electron chi connectivity index (χ3n) is 2.83. The van der Waals surface area contributed by atoms with Crippen molar-refractivity contribution in [3.8, 4) is 0 Å². The first kappa shape index (κ1) is 12.9. The van der Waals surface area contributed by atoms with Crippen LogP contribution in [0.1, 0.15) is 19.3 Å². The summed E-state index contributed by atoms with van der Waals surface area (Å²) in [7, 11) is -3.11. The first-order chi connectivity index (χ1) is 7.10. The number of sulfonamides is 1. The fourth-order valence-corrected chi connectivity index (χ4v) is 3.32. The lowest BCUT2D eigenvalue weighted by atomic mass is 10.00. The van der Waals surface area contributed by atoms with E-state index in [1.54, 1.807) is 0 Å². The maximum absolute atomic E-state index is 11.7. The number of hydrogen-bond donors (Lipinski definition) is 2. The van der Waals surface area contributed by atoms with Crippen molar-refractivity contribution in [3.05, 3.63) is 0 Å². The Hall–Kier alpha value is -0.170. The molecule has 0 atom stereocenters. The van der Waals surface area contributed by atoms with Gasteiger partial charge in [-0.2, -0.15) is 0 Å². The Balaban J connectivity index is 2.45. The SMILES string of the molecule is NCCCS(=O)(=O)N1CCC(CO)CC1. The van der Waals surface area contributed by atoms with Crippen molar-refractivity contribution >= 4 is 10.0 Å². The molecule has 90 valence electrons. The van der Waals surface area contributed by atoms with Gasteiger partial charge in [-0.05, 0) is 31.7 Å². The largest absolute Gasteiger partial charge is 0.396 e. The van der Waals surface area contributed by atoms with Crippen LogP contribution in [-0.4, -0.2) is 49.8 Å². The van der Waals surface area contributed by atoms with E-state index in [1.807, 2.05) is 0 Å². The van der Waals surface area contributed by atoms with E-state index in [1.165, 1.54) is 4.31 Å². The maximum atomic E-state index is 11.7. The van der Waals surface area contributed by atoms with E-state index in [4.69, 9.17) is 10.8 Å². The van der Waals surface area contributed by atoms with Crippen molar-refractivity contribution in [1.29, 1.82) is 0 Å². The van der Waals surface area contributed by atoms with Gasteiger partial charge in [0.25, 0.3) is 0 Å². The van der Waals surface area contributed by atoms with Crippen LogP contribution in [0.2, 0.25) is 0 Å². The van der Waals surface area contributed by atoms with Crippen molar-refractivity contribution in [2.45, 2.75) is 19.3 Å². The van der Waals surface area contributed by atoms with Crippen LogP contribution >= 0.6 is 0 Å². The Morgan fingerprint density at radius 3 is 2.40 bits per heavy atom. The number of rotatable bonds is 5. The van der Waals surface area contributed by atoms with Crippen molar-refractivity contribution in [3.63, 3.8) is 0 Å². The molecule has 15 heavy (non-hydrogen) atoms. The van der Waals surface area contributed by atoms with Gasteiger partial charge in [0, 0.05) is 19.7 Å². The van der Waals surface area contributed by atoms with Gasteiger partial charge in [0.2, 0.25) is 10.0 Å². The minimum absolute atomic E-state index is 0.146. The molecule has 0 aliphatic carbocycles. The van der Waals surface area contributed by atoms with E-state index < -0.39 is 10.0 Å². The molecule has 1 fully saturated rings. The zero-order chi connectivity index (χ0) is 11.3. The Morgan fingerprint density at radius 1 is 1.33 bits per heavy atom. The lowest BCUT2D eigenvalue weighted by molar-refractivity contribution is 0.170. The maximum Gasteiger partial charge on any atom is 0.214 e. The second kappa shape index (κ2) is 5.79. The highest BCUT2D eigenvalue weighted by atomic mass is 32.2. The van der Waals surface area contributed by atoms with Gasteiger partial charge in [-0.15, -0.1) is 0 Å². The molecule has 1 saturated heterocycles. The molecule has 5 nitrogen and oxygen atoms in total. The van der Waals surface area contributed by atoms with Gasteiger partial charge in [0.05, 0.1) is 5.75 Å². The number of nitrogens with two attached hydrogens (primary N) is 1. The molecule has 0 aromatic carbocycles. The molecule has 0 spiro atoms. The summed E-state index contributed by atoms with van der Waals surface area (Å²) in [6, 6.07) is 0. The zero-order valence-electron chi connectivity index (χ0n) is 8.93. The fraction of sp³-hybridized carbons (Fsp3) is 1.00. The molecule has 0 amide bonds. The molecule has 0 radical (unpaired) electrons. The predicted octanol–water partition coefficient (Wildman–Crippen LogP) is -0.631. The summed E-state index contributed by atoms with van der Waals surface area (Å²) in [5.74, 6) is 0.416. The molecular weight excluding hydrogens is 216 g/mol. The zero-order valence-corrected chi connectivity index (χ0v) is 9.75. The van der Waals surface area contributed by atoms with Gasteiger partial charge in [-0.3, -0.25) is 0 Å². The minimum atomic E-state index is -3.11. The van der Waals surface area contributed by atoms with Crippen molar-refractivity contribution < 1.29 is 13.5 Å². The van der Waals surface area contributed by atoms with Gasteiger partial charge in [-0.25, -0.2) is 12.7 Å². The molecule has 0 unspecified atom stereocenters. The standard InChI is InChI=1S/C9H20N2O3S/c10-4-1-7-15(13,14)11-5-2-9(8-12)3-6-11/h9,12H,1-8,10H2. The highest BCUT2D eigenvalue weighted by molar-refractivity contribution is 7.89.